The molecule has 1 saturated heterocycles. The molecule has 0 radical (unpaired) electrons. The molecule has 3 rings (SSSR count). The lowest BCUT2D eigenvalue weighted by Gasteiger charge is -2.28. The highest BCUT2D eigenvalue weighted by atomic mass is 35.5. The number of ether oxygens (including phenoxy) is 1. The molecular weight excluding hydrogens is 492 g/mol. The van der Waals surface area contributed by atoms with Crippen LogP contribution in [-0.2, 0) is 9.53 Å². The van der Waals surface area contributed by atoms with Gasteiger partial charge in [0.25, 0.3) is 5.69 Å². The van der Waals surface area contributed by atoms with Crippen LogP contribution in [0.3, 0.4) is 0 Å². The molecule has 0 bridgehead atoms. The highest BCUT2D eigenvalue weighted by Crippen LogP contribution is 2.29. The van der Waals surface area contributed by atoms with Gasteiger partial charge in [-0.25, -0.2) is 4.79 Å². The van der Waals surface area contributed by atoms with Crippen LogP contribution in [0.4, 0.5) is 16.2 Å². The molecule has 11 nitrogen and oxygen atoms in total. The van der Waals surface area contributed by atoms with E-state index in [4.69, 9.17) is 16.3 Å². The third-order valence-corrected chi connectivity index (χ3v) is 6.22. The van der Waals surface area contributed by atoms with Crippen LogP contribution in [0.15, 0.2) is 42.5 Å². The Morgan fingerprint density at radius 2 is 1.83 bits per heavy atom. The molecule has 0 aliphatic carbocycles. The molecule has 1 fully saturated rings. The lowest BCUT2D eigenvalue weighted by Crippen LogP contribution is -2.43. The Bertz CT molecular complexity index is 1140. The van der Waals surface area contributed by atoms with E-state index in [-0.39, 0.29) is 34.1 Å². The number of morpholine rings is 1. The lowest BCUT2D eigenvalue weighted by atomic mass is 10.00. The SMILES string of the molecule is CN(C(=O)CN(CCCN1CCOCC1)C(=O)O)c1ccc([N+](=O)[O-])cc1C(=O)c1ccccc1Cl. The number of benzene rings is 2. The van der Waals surface area contributed by atoms with Gasteiger partial charge in [-0.2, -0.15) is 0 Å². The van der Waals surface area contributed by atoms with Gasteiger partial charge in [0.15, 0.2) is 5.78 Å². The first-order valence-corrected chi connectivity index (χ1v) is 11.7. The molecule has 0 aromatic heterocycles. The fraction of sp³-hybridized carbons (Fsp3) is 0.375. The smallest absolute Gasteiger partial charge is 0.407 e. The third-order valence-electron chi connectivity index (χ3n) is 5.89. The number of nitrogens with zero attached hydrogens (tertiary/aromatic N) is 4. The van der Waals surface area contributed by atoms with Crippen LogP contribution in [0.5, 0.6) is 0 Å². The number of carbonyl (C=O) groups excluding carboxylic acids is 2. The summed E-state index contributed by atoms with van der Waals surface area (Å²) in [5.41, 5.74) is -0.196. The molecule has 12 heteroatoms. The number of amides is 2. The molecule has 0 atom stereocenters. The molecule has 2 aromatic rings. The van der Waals surface area contributed by atoms with Crippen LogP contribution in [0.2, 0.25) is 5.02 Å². The Morgan fingerprint density at radius 1 is 1.14 bits per heavy atom. The van der Waals surface area contributed by atoms with E-state index in [1.807, 2.05) is 0 Å². The molecule has 192 valence electrons. The molecule has 36 heavy (non-hydrogen) atoms. The number of non-ortho nitro benzene ring substituents is 1. The van der Waals surface area contributed by atoms with Crippen molar-refractivity contribution in [3.8, 4) is 0 Å². The number of rotatable bonds is 10. The Kier molecular flexibility index (Phi) is 9.34. The Balaban J connectivity index is 1.78. The van der Waals surface area contributed by atoms with E-state index in [9.17, 15) is 29.6 Å². The fourth-order valence-electron chi connectivity index (χ4n) is 3.86. The second kappa shape index (κ2) is 12.4. The quantitative estimate of drug-likeness (QED) is 0.288. The minimum atomic E-state index is -1.24. The van der Waals surface area contributed by atoms with Gasteiger partial charge in [0.05, 0.1) is 34.4 Å². The normalized spacial score (nSPS) is 13.7. The van der Waals surface area contributed by atoms with Gasteiger partial charge in [0.2, 0.25) is 5.91 Å². The van der Waals surface area contributed by atoms with Gasteiger partial charge < -0.3 is 14.7 Å². The van der Waals surface area contributed by atoms with Crippen molar-refractivity contribution in [1.29, 1.82) is 0 Å². The maximum atomic E-state index is 13.2. The zero-order valence-electron chi connectivity index (χ0n) is 19.8. The number of anilines is 1. The zero-order valence-corrected chi connectivity index (χ0v) is 20.5. The average molecular weight is 519 g/mol. The van der Waals surface area contributed by atoms with Crippen LogP contribution < -0.4 is 4.90 Å². The van der Waals surface area contributed by atoms with Gasteiger partial charge in [-0.1, -0.05) is 23.7 Å². The Morgan fingerprint density at radius 3 is 2.47 bits per heavy atom. The number of hydrogen-bond donors (Lipinski definition) is 1. The summed E-state index contributed by atoms with van der Waals surface area (Å²) < 4.78 is 5.30. The number of halogens is 1. The highest BCUT2D eigenvalue weighted by molar-refractivity contribution is 6.35. The maximum Gasteiger partial charge on any atom is 0.407 e. The van der Waals surface area contributed by atoms with Crippen LogP contribution >= 0.6 is 11.6 Å². The summed E-state index contributed by atoms with van der Waals surface area (Å²) >= 11 is 6.16. The topological polar surface area (TPSA) is 134 Å². The predicted octanol–water partition coefficient (Wildman–Crippen LogP) is 3.14. The number of ketones is 1. The van der Waals surface area contributed by atoms with Crippen molar-refractivity contribution in [1.82, 2.24) is 9.80 Å². The van der Waals surface area contributed by atoms with Gasteiger partial charge in [-0.05, 0) is 24.6 Å². The van der Waals surface area contributed by atoms with E-state index in [0.717, 1.165) is 29.0 Å². The molecule has 1 N–H and O–H groups in total. The average Bonchev–Trinajstić information content (AvgIpc) is 2.87. The summed E-state index contributed by atoms with van der Waals surface area (Å²) in [6.45, 7) is 3.21. The van der Waals surface area contributed by atoms with E-state index >= 15 is 0 Å². The fourth-order valence-corrected chi connectivity index (χ4v) is 4.08. The predicted molar refractivity (Wildman–Crippen MR) is 133 cm³/mol. The van der Waals surface area contributed by atoms with Crippen molar-refractivity contribution in [3.63, 3.8) is 0 Å². The Labute approximate surface area is 212 Å². The van der Waals surface area contributed by atoms with Crippen LogP contribution in [0.25, 0.3) is 0 Å². The summed E-state index contributed by atoms with van der Waals surface area (Å²) in [5.74, 6) is -1.19. The monoisotopic (exact) mass is 518 g/mol. The first-order valence-electron chi connectivity index (χ1n) is 11.3. The van der Waals surface area contributed by atoms with E-state index in [1.54, 1.807) is 12.1 Å². The summed E-state index contributed by atoms with van der Waals surface area (Å²) in [4.78, 5) is 53.1. The Hall–Kier alpha value is -3.54. The number of hydrogen-bond acceptors (Lipinski definition) is 7. The van der Waals surface area contributed by atoms with Crippen molar-refractivity contribution >= 4 is 40.8 Å². The summed E-state index contributed by atoms with van der Waals surface area (Å²) in [5, 5.41) is 21.1. The molecule has 0 spiro atoms. The minimum Gasteiger partial charge on any atom is -0.465 e. The third kappa shape index (κ3) is 6.78. The zero-order chi connectivity index (χ0) is 26.2. The number of carboxylic acid groups (broad SMARTS) is 1. The first kappa shape index (κ1) is 27.1. The highest BCUT2D eigenvalue weighted by Gasteiger charge is 2.26. The van der Waals surface area contributed by atoms with E-state index in [2.05, 4.69) is 4.90 Å². The lowest BCUT2D eigenvalue weighted by molar-refractivity contribution is -0.384. The molecule has 0 unspecified atom stereocenters. The second-order valence-electron chi connectivity index (χ2n) is 8.23. The molecule has 1 aliphatic heterocycles. The van der Waals surface area contributed by atoms with E-state index in [1.165, 1.54) is 31.3 Å². The summed E-state index contributed by atoms with van der Waals surface area (Å²) in [6.07, 6.45) is -0.702. The van der Waals surface area contributed by atoms with Gasteiger partial charge >= 0.3 is 6.09 Å². The molecule has 2 aromatic carbocycles. The van der Waals surface area contributed by atoms with Crippen LogP contribution in [0, 0.1) is 10.1 Å². The number of nitro groups is 1. The first-order chi connectivity index (χ1) is 17.2. The molecule has 0 saturated carbocycles. The van der Waals surface area contributed by atoms with Crippen molar-refractivity contribution in [2.75, 3.05) is 57.9 Å². The molecule has 1 aliphatic rings. The van der Waals surface area contributed by atoms with Crippen molar-refractivity contribution in [2.24, 2.45) is 0 Å². The molecule has 1 heterocycles. The van der Waals surface area contributed by atoms with Gasteiger partial charge in [-0.3, -0.25) is 29.5 Å². The number of likely N-dealkylation sites (N-methyl/N-ethyl adjacent to an activating group) is 1. The van der Waals surface area contributed by atoms with Gasteiger partial charge in [-0.15, -0.1) is 0 Å². The largest absolute Gasteiger partial charge is 0.465 e. The number of carbonyl (C=O) groups is 3. The van der Waals surface area contributed by atoms with Crippen LogP contribution in [0.1, 0.15) is 22.3 Å². The van der Waals surface area contributed by atoms with E-state index < -0.39 is 29.3 Å². The second-order valence-corrected chi connectivity index (χ2v) is 8.64. The summed E-state index contributed by atoms with van der Waals surface area (Å²) in [6, 6.07) is 9.80. The van der Waals surface area contributed by atoms with Crippen molar-refractivity contribution < 1.29 is 29.2 Å². The standard InChI is InChI=1S/C24H27ClN4O7/c1-26(22(30)16-28(24(32)33)10-4-9-27-11-13-36-14-12-27)21-8-7-17(29(34)35)15-19(21)23(31)18-5-2-3-6-20(18)25/h2-3,5-8,15H,4,9-14,16H2,1H3,(H,32,33). The van der Waals surface area contributed by atoms with Gasteiger partial charge in [0, 0.05) is 50.9 Å². The van der Waals surface area contributed by atoms with Gasteiger partial charge in [0.1, 0.15) is 6.54 Å². The van der Waals surface area contributed by atoms with Crippen molar-refractivity contribution in [3.05, 3.63) is 68.7 Å². The summed E-state index contributed by atoms with van der Waals surface area (Å²) in [7, 11) is 1.39. The van der Waals surface area contributed by atoms with Crippen LogP contribution in [-0.4, -0.2) is 90.6 Å². The molecule has 2 amide bonds. The molecular formula is C24H27ClN4O7. The maximum absolute atomic E-state index is 13.2. The minimum absolute atomic E-state index is 0.0951. The van der Waals surface area contributed by atoms with Crippen molar-refractivity contribution in [2.45, 2.75) is 6.42 Å². The van der Waals surface area contributed by atoms with E-state index in [0.29, 0.717) is 26.2 Å². The number of nitro benzene ring substituents is 1.